The van der Waals surface area contributed by atoms with Crippen molar-refractivity contribution in [1.29, 1.82) is 0 Å². The fraction of sp³-hybridized carbons (Fsp3) is 0.508. The van der Waals surface area contributed by atoms with E-state index in [0.29, 0.717) is 0 Å². The van der Waals surface area contributed by atoms with Crippen LogP contribution in [0.5, 0.6) is 0 Å². The second kappa shape index (κ2) is 35.9. The van der Waals surface area contributed by atoms with Crippen LogP contribution in [0.1, 0.15) is 87.0 Å². The molecule has 6 aliphatic rings. The van der Waals surface area contributed by atoms with Gasteiger partial charge in [-0.05, 0) is 19.1 Å². The summed E-state index contributed by atoms with van der Waals surface area (Å²) in [6, 6.07) is 1.16. The van der Waals surface area contributed by atoms with E-state index in [4.69, 9.17) is 102 Å². The SMILES string of the molecule is Cc1cn([C@H]2C[C@H](OP(=O)(O)OC[C@H]3O[C@@H](n4cnc5c(=O)[nH]c(N)nc54)C[C@@H]3O)[C@@H](COP(=O)(O)O[C@H]3C[C@H](n4cnc5c(=O)[nH]c(N)nc54)O[C@@H]3COP(=O)(O)O[C@H]3C[C@H](n4ccc(N)nc4=O)O[C@@H]3COP(=O)(O)O[C@H]3C[C@H](n4cnc5c(=O)[nH]c(N)nc54)O[C@@H]3COP(=O)(O)O[C@H]3C[C@H](n4cc(/C=C/C(N)=O)c(=O)[nH]c4=O)O[C@@H]3CO)O2)c(=O)[nH]c1=O. The van der Waals surface area contributed by atoms with Crippen LogP contribution < -0.4 is 73.5 Å². The Balaban J connectivity index is 0.635. The second-order valence-electron chi connectivity index (χ2n) is 28.8. The zero-order valence-electron chi connectivity index (χ0n) is 64.4. The lowest BCUT2D eigenvalue weighted by molar-refractivity contribution is -0.113. The molecule has 0 radical (unpaired) electrons. The number of nitrogens with one attached hydrogen (secondary N) is 5. The van der Waals surface area contributed by atoms with Crippen LogP contribution >= 0.6 is 39.1 Å². The highest BCUT2D eigenvalue weighted by atomic mass is 31.2. The Morgan fingerprint density at radius 1 is 0.452 bits per heavy atom. The number of nitrogens with zero attached hydrogens (tertiary/aromatic N) is 13. The molecule has 126 heavy (non-hydrogen) atoms. The lowest BCUT2D eigenvalue weighted by Gasteiger charge is -2.26. The van der Waals surface area contributed by atoms with E-state index < -0.39 is 284 Å². The molecule has 23 atom stereocenters. The van der Waals surface area contributed by atoms with E-state index >= 15 is 0 Å². The van der Waals surface area contributed by atoms with Gasteiger partial charge in [0.25, 0.3) is 27.8 Å². The van der Waals surface area contributed by atoms with Crippen LogP contribution in [0.4, 0.5) is 23.7 Å². The number of nitrogens with two attached hydrogens (primary N) is 5. The van der Waals surface area contributed by atoms with Crippen LogP contribution in [-0.4, -0.2) is 241 Å². The molecule has 0 aliphatic carbocycles. The molecule has 0 saturated carbocycles. The van der Waals surface area contributed by atoms with Gasteiger partial charge in [0.2, 0.25) is 23.8 Å². The van der Waals surface area contributed by atoms with E-state index in [9.17, 15) is 101 Å². The van der Waals surface area contributed by atoms with Crippen LogP contribution in [-0.2, 0) is 101 Å². The third-order valence-corrected chi connectivity index (χ3v) is 25.3. The summed E-state index contributed by atoms with van der Waals surface area (Å²) < 4.78 is 168. The highest BCUT2D eigenvalue weighted by Crippen LogP contribution is 2.56. The van der Waals surface area contributed by atoms with Crippen molar-refractivity contribution in [2.24, 2.45) is 5.73 Å². The average Bonchev–Trinajstić information content (AvgIpc) is 1.46. The zero-order chi connectivity index (χ0) is 90.1. The molecule has 1 amide bonds. The third-order valence-electron chi connectivity index (χ3n) is 20.3. The quantitative estimate of drug-likeness (QED) is 0.0133. The molecule has 60 nitrogen and oxygen atoms in total. The highest BCUT2D eigenvalue weighted by Gasteiger charge is 2.52. The Morgan fingerprint density at radius 2 is 0.778 bits per heavy atom. The highest BCUT2D eigenvalue weighted by molar-refractivity contribution is 7.48. The molecule has 9 aromatic rings. The number of rotatable bonds is 34. The van der Waals surface area contributed by atoms with Crippen molar-refractivity contribution in [3.8, 4) is 0 Å². The average molecular weight is 1880 g/mol. The van der Waals surface area contributed by atoms with E-state index in [-0.39, 0.29) is 62.8 Å². The van der Waals surface area contributed by atoms with E-state index in [2.05, 4.69) is 54.8 Å². The number of primary amides is 1. The predicted molar refractivity (Wildman–Crippen MR) is 414 cm³/mol. The Kier molecular flexibility index (Phi) is 25.8. The lowest BCUT2D eigenvalue weighted by Crippen LogP contribution is -2.33. The number of hydrogen-bond donors (Lipinski definition) is 17. The molecule has 0 bridgehead atoms. The fourth-order valence-corrected chi connectivity index (χ4v) is 19.3. The minimum atomic E-state index is -5.69. The van der Waals surface area contributed by atoms with Gasteiger partial charge in [0.05, 0.1) is 70.3 Å². The van der Waals surface area contributed by atoms with Gasteiger partial charge in [0.1, 0.15) is 110 Å². The molecule has 15 rings (SSSR count). The van der Waals surface area contributed by atoms with Crippen molar-refractivity contribution in [3.05, 3.63) is 144 Å². The summed E-state index contributed by atoms with van der Waals surface area (Å²) in [7, 11) is -27.8. The number of aromatic nitrogens is 18. The number of carbonyl (C=O) groups is 1. The van der Waals surface area contributed by atoms with Crippen molar-refractivity contribution in [1.82, 2.24) is 87.2 Å². The maximum atomic E-state index is 14.5. The molecule has 5 unspecified atom stereocenters. The van der Waals surface area contributed by atoms with E-state index in [1.807, 2.05) is 4.98 Å². The van der Waals surface area contributed by atoms with Gasteiger partial charge in [-0.2, -0.15) is 19.9 Å². The lowest BCUT2D eigenvalue weighted by atomic mass is 10.2. The molecule has 6 fully saturated rings. The van der Waals surface area contributed by atoms with Gasteiger partial charge < -0.3 is 91.8 Å². The van der Waals surface area contributed by atoms with Crippen LogP contribution in [0.15, 0.2) is 88.1 Å². The summed E-state index contributed by atoms with van der Waals surface area (Å²) in [6.45, 7) is -4.94. The molecule has 682 valence electrons. The van der Waals surface area contributed by atoms with Crippen LogP contribution in [0.25, 0.3) is 39.6 Å². The monoisotopic (exact) mass is 1880 g/mol. The molecule has 0 aromatic carbocycles. The number of fused-ring (bicyclic) bond motifs is 3. The van der Waals surface area contributed by atoms with Gasteiger partial charge in [-0.3, -0.25) is 126 Å². The van der Waals surface area contributed by atoms with E-state index in [0.717, 1.165) is 72.3 Å². The number of aliphatic hydroxyl groups excluding tert-OH is 2. The number of H-pyrrole nitrogens is 5. The number of aryl methyl sites for hydroxylation is 1. The van der Waals surface area contributed by atoms with E-state index in [1.54, 1.807) is 0 Å². The van der Waals surface area contributed by atoms with Crippen molar-refractivity contribution >= 4 is 108 Å². The van der Waals surface area contributed by atoms with Gasteiger partial charge in [-0.1, -0.05) is 0 Å². The molecule has 6 aliphatic heterocycles. The Bertz CT molecular complexity index is 6490. The number of phosphoric acid groups is 5. The second-order valence-corrected chi connectivity index (χ2v) is 35.8. The molecule has 22 N–H and O–H groups in total. The molecule has 6 saturated heterocycles. The number of anilines is 4. The molecular weight excluding hydrogens is 1800 g/mol. The van der Waals surface area contributed by atoms with Gasteiger partial charge in [-0.15, -0.1) is 0 Å². The third kappa shape index (κ3) is 20.2. The van der Waals surface area contributed by atoms with Crippen molar-refractivity contribution < 1.29 is 136 Å². The number of phosphoric ester groups is 5. The first-order valence-corrected chi connectivity index (χ1v) is 44.7. The molecule has 0 spiro atoms. The van der Waals surface area contributed by atoms with Gasteiger partial charge in [-0.25, -0.2) is 52.2 Å². The standard InChI is InChI=1S/C61H76N23O37P5/c1-23-12-80(60(94)77-51(23)88)41-9-28(119-122(96,97)106-15-32-25(86)6-39(112-32)82-20-67-45-48(82)71-56(64)74-53(45)90)34(114-41)17-109-126(104,105)121-30-11-44(84-22-69-47-50(84)73-58(66)76-55(47)92)116-36(30)19-110-124(100,101)118-27-8-40(79-5-4-37(62)70-59(79)93)113-33(27)16-108-125(102,103)120-29-10-43(83-21-68-46-49(83)72-57(65)75-54(46)91)115-35(29)18-107-123(98,99)117-26-7-42(111-31(26)14-85)81-13-24(2-3-38(63)87)52(89)78-61(81)95/h2-5,12-13,20-22,25-36,39-44,85-86H,6-11,14-19H2,1H3,(H2,63,87)(H,96,97)(H,98,99)(H,100,101)(H,102,103)(H,104,105)(H2,62,70,93)(H,77,88,94)(H,78,89,95)(H3,64,71,74,90)(H3,65,72,75,91)(H3,66,73,76,92)/b3-2+/t25-,26-,27-,28-,29-,30-,31+,32+,33+,34+,35+,36+,39+,40+,41+,42+,43+,44+/m0/s1. The smallest absolute Gasteiger partial charge is 0.394 e. The van der Waals surface area contributed by atoms with E-state index in [1.165, 1.54) is 17.8 Å². The van der Waals surface area contributed by atoms with Crippen molar-refractivity contribution in [2.75, 3.05) is 62.6 Å². The summed E-state index contributed by atoms with van der Waals surface area (Å²) in [6.07, 6.45) is -23.1. The first-order chi connectivity index (χ1) is 59.5. The van der Waals surface area contributed by atoms with Gasteiger partial charge >= 0.3 is 56.2 Å². The number of nitrogen functional groups attached to an aromatic ring is 4. The van der Waals surface area contributed by atoms with Crippen LogP contribution in [0.2, 0.25) is 0 Å². The number of carbonyl (C=O) groups excluding carboxylic acids is 1. The summed E-state index contributed by atoms with van der Waals surface area (Å²) in [5.74, 6) is -2.29. The number of imidazole rings is 3. The number of hydrogen-bond acceptors (Lipinski definition) is 43. The maximum Gasteiger partial charge on any atom is 0.472 e. The zero-order valence-corrected chi connectivity index (χ0v) is 68.9. The molecule has 65 heteroatoms. The largest absolute Gasteiger partial charge is 0.472 e. The number of ether oxygens (including phenoxy) is 6. The van der Waals surface area contributed by atoms with Gasteiger partial charge in [0, 0.05) is 68.8 Å². The van der Waals surface area contributed by atoms with Gasteiger partial charge in [0.15, 0.2) is 33.5 Å². The Hall–Kier alpha value is -10.1. The van der Waals surface area contributed by atoms with Crippen molar-refractivity contribution in [3.63, 3.8) is 0 Å². The normalized spacial score (nSPS) is 28.9. The maximum absolute atomic E-state index is 14.5. The molecule has 15 heterocycles. The predicted octanol–water partition coefficient (Wildman–Crippen LogP) is -4.53. The minimum Gasteiger partial charge on any atom is -0.394 e. The van der Waals surface area contributed by atoms with Crippen LogP contribution in [0, 0.1) is 6.92 Å². The number of aromatic amines is 5. The summed E-state index contributed by atoms with van der Waals surface area (Å²) >= 11 is 0. The Labute approximate surface area is 697 Å². The first-order valence-electron chi connectivity index (χ1n) is 37.2. The summed E-state index contributed by atoms with van der Waals surface area (Å²) in [5.41, 5.74) is 19.7. The Morgan fingerprint density at radius 3 is 1.15 bits per heavy atom. The summed E-state index contributed by atoms with van der Waals surface area (Å²) in [4.78, 5) is 210. The minimum absolute atomic E-state index is 0.0176. The summed E-state index contributed by atoms with van der Waals surface area (Å²) in [5, 5.41) is 21.3. The van der Waals surface area contributed by atoms with Crippen molar-refractivity contribution in [2.45, 2.75) is 156 Å². The number of aliphatic hydroxyl groups is 2. The fourth-order valence-electron chi connectivity index (χ4n) is 14.5. The van der Waals surface area contributed by atoms with Crippen LogP contribution in [0.3, 0.4) is 0 Å². The molecular formula is C61H76N23O37P5. The molecule has 9 aromatic heterocycles. The first kappa shape index (κ1) is 90.7. The topological polar surface area (TPSA) is 857 Å². The number of amides is 1.